The highest BCUT2D eigenvalue weighted by Gasteiger charge is 2.60. The van der Waals surface area contributed by atoms with Crippen LogP contribution in [0.4, 0.5) is 0 Å². The number of quaternary nitrogens is 1. The first-order valence-corrected chi connectivity index (χ1v) is 1.59. The van der Waals surface area contributed by atoms with Crippen LogP contribution in [0.25, 0.3) is 0 Å². The van der Waals surface area contributed by atoms with E-state index in [4.69, 9.17) is 0 Å². The molecule has 0 amide bonds. The Morgan fingerprint density at radius 1 is 2.00 bits per heavy atom. The van der Waals surface area contributed by atoms with Crippen molar-refractivity contribution in [3.63, 3.8) is 0 Å². The fourth-order valence-electron chi connectivity index (χ4n) is 0.322. The molecule has 2 heteroatoms. The minimum Gasteiger partial charge on any atom is -0.222 e. The summed E-state index contributed by atoms with van der Waals surface area (Å²) < 4.78 is 0. The molecule has 2 N–H and O–H groups in total. The predicted molar refractivity (Wildman–Crippen MR) is 12.8 cm³/mol. The van der Waals surface area contributed by atoms with Crippen molar-refractivity contribution in [3.05, 3.63) is 0 Å². The summed E-state index contributed by atoms with van der Waals surface area (Å²) >= 11 is 0. The zero-order valence-electron chi connectivity index (χ0n) is 2.28. The Balaban J connectivity index is 2.48. The van der Waals surface area contributed by atoms with Gasteiger partial charge in [0.1, 0.15) is 0 Å². The Bertz CT molecular complexity index is 40.0. The first-order chi connectivity index (χ1) is 1.97. The van der Waals surface area contributed by atoms with Gasteiger partial charge in [0, 0.05) is 0 Å². The van der Waals surface area contributed by atoms with Crippen LogP contribution in [0.2, 0.25) is 0 Å². The van der Waals surface area contributed by atoms with Crippen LogP contribution in [0.3, 0.4) is 0 Å². The van der Waals surface area contributed by atoms with Crippen molar-refractivity contribution in [2.24, 2.45) is 0 Å². The fourth-order valence-corrected chi connectivity index (χ4v) is 0.322. The highest BCUT2D eigenvalue weighted by molar-refractivity contribution is 4.66. The van der Waals surface area contributed by atoms with E-state index in [9.17, 15) is 0 Å². The van der Waals surface area contributed by atoms with E-state index in [0.29, 0.717) is 0 Å². The fraction of sp³-hybridized carbons (Fsp3) is 1.00. The number of nitrogens with one attached hydrogen (secondary N) is 2. The molecule has 2 saturated heterocycles. The number of hydrogen-bond donors (Lipinski definition) is 2. The molecule has 0 aliphatic carbocycles. The van der Waals surface area contributed by atoms with E-state index in [2.05, 4.69) is 5.43 Å². The number of rotatable bonds is 0. The zero-order chi connectivity index (χ0) is 2.57. The first-order valence-electron chi connectivity index (χ1n) is 1.59. The third-order valence-corrected chi connectivity index (χ3v) is 0.961. The van der Waals surface area contributed by atoms with Crippen molar-refractivity contribution in [3.8, 4) is 0 Å². The molecule has 0 aromatic heterocycles. The van der Waals surface area contributed by atoms with E-state index in [0.717, 1.165) is 6.17 Å². The van der Waals surface area contributed by atoms with E-state index in [-0.39, 0.29) is 0 Å². The van der Waals surface area contributed by atoms with E-state index >= 15 is 0 Å². The molecule has 2 aliphatic heterocycles. The maximum absolute atomic E-state index is 3.11. The molecule has 0 bridgehead atoms. The van der Waals surface area contributed by atoms with Gasteiger partial charge in [-0.2, -0.15) is 0 Å². The summed E-state index contributed by atoms with van der Waals surface area (Å²) in [5.41, 5.74) is 3.11. The van der Waals surface area contributed by atoms with Crippen LogP contribution >= 0.6 is 0 Å². The van der Waals surface area contributed by atoms with Crippen LogP contribution in [-0.4, -0.2) is 12.7 Å². The van der Waals surface area contributed by atoms with Gasteiger partial charge in [-0.1, -0.05) is 0 Å². The lowest BCUT2D eigenvalue weighted by Crippen LogP contribution is -2.82. The Kier molecular flexibility index (Phi) is 0.0592. The van der Waals surface area contributed by atoms with Crippen molar-refractivity contribution in [1.29, 1.82) is 0 Å². The zero-order valence-corrected chi connectivity index (χ0v) is 2.28. The molecule has 2 atom stereocenters. The van der Waals surface area contributed by atoms with Crippen molar-refractivity contribution >= 4 is 0 Å². The molecule has 2 rings (SSSR count). The Hall–Kier alpha value is -0.0800. The molecule has 0 spiro atoms. The van der Waals surface area contributed by atoms with E-state index < -0.39 is 0 Å². The summed E-state index contributed by atoms with van der Waals surface area (Å²) in [7, 11) is 0. The van der Waals surface area contributed by atoms with E-state index in [1.807, 2.05) is 0 Å². The minimum atomic E-state index is 0.917. The van der Waals surface area contributed by atoms with Gasteiger partial charge in [0.05, 0.1) is 0 Å². The lowest BCUT2D eigenvalue weighted by molar-refractivity contribution is -0.687. The second kappa shape index (κ2) is 0.172. The topological polar surface area (TPSA) is 26.4 Å². The normalized spacial score (nSPS) is 66.0. The van der Waals surface area contributed by atoms with Crippen LogP contribution < -0.4 is 10.4 Å². The third-order valence-electron chi connectivity index (χ3n) is 0.961. The van der Waals surface area contributed by atoms with Crippen LogP contribution in [0.15, 0.2) is 0 Å². The molecular weight excluding hydrogens is 52.0 g/mol. The molecule has 2 nitrogen and oxygen atoms in total. The number of hydrogen-bond acceptors (Lipinski definition) is 1. The largest absolute Gasteiger partial charge is 0.252 e. The monoisotopic (exact) mass is 57.0 g/mol. The Morgan fingerprint density at radius 3 is 2.25 bits per heavy atom. The molecule has 0 radical (unpaired) electrons. The van der Waals surface area contributed by atoms with Gasteiger partial charge < -0.3 is 0 Å². The SMILES string of the molecule is C1C2N[NH+]12. The smallest absolute Gasteiger partial charge is 0.222 e. The highest BCUT2D eigenvalue weighted by Crippen LogP contribution is 1.86. The van der Waals surface area contributed by atoms with Gasteiger partial charge in [0.2, 0.25) is 0 Å². The third kappa shape index (κ3) is 0.0259. The van der Waals surface area contributed by atoms with Gasteiger partial charge in [-0.3, -0.25) is 0 Å². The van der Waals surface area contributed by atoms with Crippen molar-refractivity contribution in [2.75, 3.05) is 6.54 Å². The van der Waals surface area contributed by atoms with Crippen molar-refractivity contribution in [2.45, 2.75) is 6.17 Å². The van der Waals surface area contributed by atoms with Crippen LogP contribution in [0.5, 0.6) is 0 Å². The van der Waals surface area contributed by atoms with Crippen LogP contribution in [0.1, 0.15) is 0 Å². The number of fused-ring (bicyclic) bond motifs is 1. The summed E-state index contributed by atoms with van der Waals surface area (Å²) in [6.07, 6.45) is 0.917. The molecule has 0 aromatic carbocycles. The minimum absolute atomic E-state index is 0.917. The second-order valence-electron chi connectivity index (χ2n) is 1.43. The summed E-state index contributed by atoms with van der Waals surface area (Å²) in [5.74, 6) is 0. The van der Waals surface area contributed by atoms with Crippen LogP contribution in [-0.2, 0) is 0 Å². The summed E-state index contributed by atoms with van der Waals surface area (Å²) in [6, 6.07) is 0. The summed E-state index contributed by atoms with van der Waals surface area (Å²) in [4.78, 5) is 0. The standard InChI is InChI=1S/C2H4N2/c1-2-3-4(1)2/h2-3H,1H2/p+1. The lowest BCUT2D eigenvalue weighted by Gasteiger charge is -1.58. The second-order valence-corrected chi connectivity index (χ2v) is 1.43. The van der Waals surface area contributed by atoms with Crippen LogP contribution in [0, 0.1) is 0 Å². The van der Waals surface area contributed by atoms with Gasteiger partial charge in [-0.25, -0.2) is 5.01 Å². The molecule has 2 fully saturated rings. The summed E-state index contributed by atoms with van der Waals surface area (Å²) in [6.45, 7) is 1.39. The molecule has 2 aliphatic rings. The maximum Gasteiger partial charge on any atom is 0.252 e. The molecule has 2 unspecified atom stereocenters. The lowest BCUT2D eigenvalue weighted by atomic mass is 10.8. The Morgan fingerprint density at radius 2 is 2.25 bits per heavy atom. The Labute approximate surface area is 24.4 Å². The quantitative estimate of drug-likeness (QED) is 0.301. The molecule has 0 saturated carbocycles. The van der Waals surface area contributed by atoms with Crippen molar-refractivity contribution < 1.29 is 5.01 Å². The van der Waals surface area contributed by atoms with Gasteiger partial charge in [-0.05, 0) is 0 Å². The first kappa shape index (κ1) is 1.38. The van der Waals surface area contributed by atoms with Gasteiger partial charge in [0.25, 0.3) is 6.17 Å². The average molecular weight is 57.1 g/mol. The maximum atomic E-state index is 3.11. The van der Waals surface area contributed by atoms with Gasteiger partial charge in [-0.15, -0.1) is 5.43 Å². The van der Waals surface area contributed by atoms with E-state index in [1.54, 1.807) is 5.01 Å². The van der Waals surface area contributed by atoms with Crippen molar-refractivity contribution in [1.82, 2.24) is 5.43 Å². The van der Waals surface area contributed by atoms with Gasteiger partial charge >= 0.3 is 0 Å². The molecule has 0 aromatic rings. The molecule has 22 valence electrons. The predicted octanol–water partition coefficient (Wildman–Crippen LogP) is -2.27. The molecule has 4 heavy (non-hydrogen) atoms. The summed E-state index contributed by atoms with van der Waals surface area (Å²) in [5, 5.41) is 1.58. The van der Waals surface area contributed by atoms with E-state index in [1.165, 1.54) is 6.54 Å². The average Bonchev–Trinajstić information content (AvgIpc) is 1.36. The highest BCUT2D eigenvalue weighted by atomic mass is 15.9. The molecule has 2 heterocycles. The molecular formula is C2H5N2+. The van der Waals surface area contributed by atoms with Gasteiger partial charge in [0.15, 0.2) is 6.54 Å².